The van der Waals surface area contributed by atoms with Crippen molar-refractivity contribution in [2.24, 2.45) is 0 Å². The van der Waals surface area contributed by atoms with Crippen molar-refractivity contribution in [3.63, 3.8) is 0 Å². The molecule has 9 rings (SSSR count). The third kappa shape index (κ3) is 4.57. The molecule has 0 saturated carbocycles. The molecular weight excluding hydrogens is 597 g/mol. The van der Waals surface area contributed by atoms with Gasteiger partial charge in [0.1, 0.15) is 0 Å². The van der Waals surface area contributed by atoms with Gasteiger partial charge in [-0.3, -0.25) is 0 Å². The number of fused-ring (bicyclic) bond motifs is 4. The van der Waals surface area contributed by atoms with E-state index in [-0.39, 0.29) is 5.41 Å². The van der Waals surface area contributed by atoms with E-state index < -0.39 is 0 Å². The van der Waals surface area contributed by atoms with Crippen LogP contribution in [0.2, 0.25) is 0 Å². The third-order valence-electron chi connectivity index (χ3n) is 10.1. The van der Waals surface area contributed by atoms with Crippen LogP contribution in [0.4, 0.5) is 34.1 Å². The van der Waals surface area contributed by atoms with Gasteiger partial charge in [-0.15, -0.1) is 0 Å². The van der Waals surface area contributed by atoms with Crippen molar-refractivity contribution in [1.82, 2.24) is 0 Å². The molecule has 3 nitrogen and oxygen atoms in total. The molecule has 0 fully saturated rings. The van der Waals surface area contributed by atoms with Crippen LogP contribution in [0.25, 0.3) is 22.3 Å². The van der Waals surface area contributed by atoms with E-state index in [9.17, 15) is 0 Å². The van der Waals surface area contributed by atoms with Crippen LogP contribution in [0, 0.1) is 6.92 Å². The highest BCUT2D eigenvalue weighted by atomic mass is 16.5. The van der Waals surface area contributed by atoms with Gasteiger partial charge in [0.15, 0.2) is 11.5 Å². The molecular formula is C46H36N2O. The lowest BCUT2D eigenvalue weighted by atomic mass is 9.70. The predicted molar refractivity (Wildman–Crippen MR) is 204 cm³/mol. The molecule has 0 spiro atoms. The summed E-state index contributed by atoms with van der Waals surface area (Å²) in [6, 6.07) is 58.5. The summed E-state index contributed by atoms with van der Waals surface area (Å²) in [7, 11) is 0. The Kier molecular flexibility index (Phi) is 6.70. The summed E-state index contributed by atoms with van der Waals surface area (Å²) < 4.78 is 7.11. The standard InChI is InChI=1S/C46H36N2O/c1-31-28-29-40(47(35-21-11-6-12-22-35)36-23-13-20-34(30-36)32-16-7-4-8-17-32)45-43(31)48-39-26-14-24-37(33-18-9-5-10-19-33)42(39)46(2,3)38-25-15-27-41(49-45)44(38)48/h4-30H,1-3H3. The molecule has 7 aromatic rings. The highest BCUT2D eigenvalue weighted by Gasteiger charge is 2.44. The second-order valence-electron chi connectivity index (χ2n) is 13.4. The number of anilines is 6. The lowest BCUT2D eigenvalue weighted by molar-refractivity contribution is 0.472. The molecule has 7 aromatic carbocycles. The molecule has 2 heterocycles. The molecule has 0 radical (unpaired) electrons. The van der Waals surface area contributed by atoms with Gasteiger partial charge < -0.3 is 14.5 Å². The summed E-state index contributed by atoms with van der Waals surface area (Å²) in [5, 5.41) is 0. The molecule has 3 heteroatoms. The van der Waals surface area contributed by atoms with Crippen molar-refractivity contribution in [1.29, 1.82) is 0 Å². The van der Waals surface area contributed by atoms with E-state index >= 15 is 0 Å². The Morgan fingerprint density at radius 3 is 1.94 bits per heavy atom. The topological polar surface area (TPSA) is 15.7 Å². The van der Waals surface area contributed by atoms with E-state index in [0.717, 1.165) is 51.1 Å². The van der Waals surface area contributed by atoms with E-state index in [1.165, 1.54) is 33.5 Å². The van der Waals surface area contributed by atoms with Gasteiger partial charge in [0.25, 0.3) is 0 Å². The van der Waals surface area contributed by atoms with Gasteiger partial charge in [0.2, 0.25) is 0 Å². The number of benzene rings is 7. The molecule has 2 aliphatic heterocycles. The monoisotopic (exact) mass is 632 g/mol. The summed E-state index contributed by atoms with van der Waals surface area (Å²) in [4.78, 5) is 4.80. The number of nitrogens with zero attached hydrogens (tertiary/aromatic N) is 2. The first-order valence-electron chi connectivity index (χ1n) is 17.0. The second kappa shape index (κ2) is 11.3. The first-order valence-corrected chi connectivity index (χ1v) is 17.0. The predicted octanol–water partition coefficient (Wildman–Crippen LogP) is 13.0. The number of rotatable bonds is 5. The zero-order chi connectivity index (χ0) is 33.1. The van der Waals surface area contributed by atoms with E-state index in [1.54, 1.807) is 0 Å². The van der Waals surface area contributed by atoms with Crippen molar-refractivity contribution >= 4 is 34.1 Å². The van der Waals surface area contributed by atoms with E-state index in [1.807, 2.05) is 0 Å². The Hall–Kier alpha value is -6.06. The summed E-state index contributed by atoms with van der Waals surface area (Å²) >= 11 is 0. The molecule has 0 amide bonds. The van der Waals surface area contributed by atoms with Gasteiger partial charge in [-0.1, -0.05) is 135 Å². The Morgan fingerprint density at radius 2 is 1.18 bits per heavy atom. The molecule has 236 valence electrons. The number of ether oxygens (including phenoxy) is 1. The summed E-state index contributed by atoms with van der Waals surface area (Å²) in [6.45, 7) is 6.89. The van der Waals surface area contributed by atoms with Crippen LogP contribution >= 0.6 is 0 Å². The lowest BCUT2D eigenvalue weighted by Gasteiger charge is -2.46. The van der Waals surface area contributed by atoms with Crippen molar-refractivity contribution in [2.75, 3.05) is 9.80 Å². The van der Waals surface area contributed by atoms with Gasteiger partial charge in [0.05, 0.1) is 22.7 Å². The molecule has 49 heavy (non-hydrogen) atoms. The molecule has 2 aliphatic rings. The zero-order valence-corrected chi connectivity index (χ0v) is 27.9. The van der Waals surface area contributed by atoms with Crippen molar-refractivity contribution < 1.29 is 4.74 Å². The van der Waals surface area contributed by atoms with Crippen molar-refractivity contribution in [3.8, 4) is 33.8 Å². The zero-order valence-electron chi connectivity index (χ0n) is 27.9. The van der Waals surface area contributed by atoms with Crippen LogP contribution in [-0.2, 0) is 5.41 Å². The number of hydrogen-bond donors (Lipinski definition) is 0. The molecule has 0 unspecified atom stereocenters. The van der Waals surface area contributed by atoms with Crippen LogP contribution in [0.3, 0.4) is 0 Å². The maximum absolute atomic E-state index is 7.11. The fourth-order valence-electron chi connectivity index (χ4n) is 7.85. The number of aryl methyl sites for hydroxylation is 1. The van der Waals surface area contributed by atoms with E-state index in [0.29, 0.717) is 0 Å². The quantitative estimate of drug-likeness (QED) is 0.188. The minimum atomic E-state index is -0.260. The number of para-hydroxylation sites is 2. The SMILES string of the molecule is Cc1ccc(N(c2ccccc2)c2cccc(-c3ccccc3)c2)c2c1N1c3cccc(-c4ccccc4)c3C(C)(C)c3cccc(c31)O2. The van der Waals surface area contributed by atoms with Gasteiger partial charge in [-0.05, 0) is 88.3 Å². The Labute approximate surface area is 288 Å². The van der Waals surface area contributed by atoms with Crippen LogP contribution in [-0.4, -0.2) is 0 Å². The Bertz CT molecular complexity index is 2350. The minimum absolute atomic E-state index is 0.260. The van der Waals surface area contributed by atoms with Crippen molar-refractivity contribution in [2.45, 2.75) is 26.2 Å². The average molecular weight is 633 g/mol. The maximum atomic E-state index is 7.11. The van der Waals surface area contributed by atoms with Gasteiger partial charge in [-0.25, -0.2) is 0 Å². The first kappa shape index (κ1) is 29.1. The molecule has 0 bridgehead atoms. The Balaban J connectivity index is 1.30. The summed E-state index contributed by atoms with van der Waals surface area (Å²) in [5.74, 6) is 1.71. The normalized spacial score (nSPS) is 13.5. The van der Waals surface area contributed by atoms with E-state index in [4.69, 9.17) is 4.74 Å². The maximum Gasteiger partial charge on any atom is 0.175 e. The molecule has 0 aliphatic carbocycles. The molecule has 0 N–H and O–H groups in total. The molecule has 0 aromatic heterocycles. The van der Waals surface area contributed by atoms with Crippen LogP contribution in [0.1, 0.15) is 30.5 Å². The van der Waals surface area contributed by atoms with E-state index in [2.05, 4.69) is 194 Å². The average Bonchev–Trinajstić information content (AvgIpc) is 3.15. The van der Waals surface area contributed by atoms with Crippen LogP contribution in [0.15, 0.2) is 164 Å². The van der Waals surface area contributed by atoms with Gasteiger partial charge >= 0.3 is 0 Å². The fourth-order valence-corrected chi connectivity index (χ4v) is 7.85. The second-order valence-corrected chi connectivity index (χ2v) is 13.4. The highest BCUT2D eigenvalue weighted by Crippen LogP contribution is 2.63. The smallest absolute Gasteiger partial charge is 0.175 e. The molecule has 0 saturated heterocycles. The van der Waals surface area contributed by atoms with Crippen LogP contribution < -0.4 is 14.5 Å². The number of hydrogen-bond acceptors (Lipinski definition) is 3. The fraction of sp³-hybridized carbons (Fsp3) is 0.0870. The largest absolute Gasteiger partial charge is 0.451 e. The highest BCUT2D eigenvalue weighted by molar-refractivity contribution is 6.00. The minimum Gasteiger partial charge on any atom is -0.451 e. The Morgan fingerprint density at radius 1 is 0.551 bits per heavy atom. The summed E-state index contributed by atoms with van der Waals surface area (Å²) in [5.41, 5.74) is 14.8. The van der Waals surface area contributed by atoms with Gasteiger partial charge in [-0.2, -0.15) is 0 Å². The van der Waals surface area contributed by atoms with Crippen LogP contribution in [0.5, 0.6) is 11.5 Å². The summed E-state index contributed by atoms with van der Waals surface area (Å²) in [6.07, 6.45) is 0. The van der Waals surface area contributed by atoms with Gasteiger partial charge in [0, 0.05) is 16.8 Å². The third-order valence-corrected chi connectivity index (χ3v) is 10.1. The molecule has 0 atom stereocenters. The lowest BCUT2D eigenvalue weighted by Crippen LogP contribution is -2.33. The first-order chi connectivity index (χ1) is 24.0. The van der Waals surface area contributed by atoms with Crippen molar-refractivity contribution in [3.05, 3.63) is 180 Å².